The summed E-state index contributed by atoms with van der Waals surface area (Å²) in [5.41, 5.74) is 3.72. The number of hydrogen-bond donors (Lipinski definition) is 0. The molecule has 3 aromatic rings. The SMILES string of the molecule is Cc1ccc2cc3c(nc2n1)CCN(CCc1ccccc1C(F)(F)F)C3. The smallest absolute Gasteiger partial charge is 0.298 e. The molecule has 0 radical (unpaired) electrons. The molecule has 3 heterocycles. The van der Waals surface area contributed by atoms with E-state index in [2.05, 4.69) is 20.9 Å². The number of pyridine rings is 2. The zero-order chi connectivity index (χ0) is 19.0. The Kier molecular flexibility index (Phi) is 4.60. The van der Waals surface area contributed by atoms with Crippen molar-refractivity contribution in [3.05, 3.63) is 70.5 Å². The van der Waals surface area contributed by atoms with Crippen LogP contribution in [0.5, 0.6) is 0 Å². The summed E-state index contributed by atoms with van der Waals surface area (Å²) in [6.45, 7) is 4.05. The van der Waals surface area contributed by atoms with Crippen molar-refractivity contribution in [2.24, 2.45) is 0 Å². The first kappa shape index (κ1) is 17.9. The van der Waals surface area contributed by atoms with Crippen LogP contribution in [0.15, 0.2) is 42.5 Å². The number of nitrogens with zero attached hydrogens (tertiary/aromatic N) is 3. The molecule has 3 nitrogen and oxygen atoms in total. The van der Waals surface area contributed by atoms with Gasteiger partial charge in [0.1, 0.15) is 0 Å². The van der Waals surface area contributed by atoms with Crippen molar-refractivity contribution in [2.75, 3.05) is 13.1 Å². The van der Waals surface area contributed by atoms with Crippen LogP contribution in [0.2, 0.25) is 0 Å². The van der Waals surface area contributed by atoms with Gasteiger partial charge in [0.2, 0.25) is 0 Å². The number of halogens is 3. The standard InChI is InChI=1S/C21H20F3N3/c1-14-6-7-16-12-17-13-27(11-9-19(17)26-20(16)25-14)10-8-15-4-2-3-5-18(15)21(22,23)24/h2-7,12H,8-11,13H2,1H3. The molecule has 0 unspecified atom stereocenters. The molecular weight excluding hydrogens is 351 g/mol. The largest absolute Gasteiger partial charge is 0.416 e. The van der Waals surface area contributed by atoms with Crippen molar-refractivity contribution in [3.8, 4) is 0 Å². The van der Waals surface area contributed by atoms with E-state index in [1.807, 2.05) is 19.1 Å². The fourth-order valence-electron chi connectivity index (χ4n) is 3.65. The summed E-state index contributed by atoms with van der Waals surface area (Å²) >= 11 is 0. The highest BCUT2D eigenvalue weighted by molar-refractivity contribution is 5.76. The highest BCUT2D eigenvalue weighted by Gasteiger charge is 2.32. The predicted octanol–water partition coefficient (Wildman–Crippen LogP) is 4.56. The summed E-state index contributed by atoms with van der Waals surface area (Å²) in [6, 6.07) is 11.9. The fourth-order valence-corrected chi connectivity index (χ4v) is 3.65. The zero-order valence-electron chi connectivity index (χ0n) is 15.1. The molecular formula is C21H20F3N3. The minimum absolute atomic E-state index is 0.354. The molecule has 0 fully saturated rings. The number of benzene rings is 1. The summed E-state index contributed by atoms with van der Waals surface area (Å²) in [7, 11) is 0. The Morgan fingerprint density at radius 1 is 1.07 bits per heavy atom. The first-order valence-corrected chi connectivity index (χ1v) is 9.04. The van der Waals surface area contributed by atoms with Gasteiger partial charge in [-0.15, -0.1) is 0 Å². The molecule has 0 aliphatic carbocycles. The molecule has 0 saturated heterocycles. The minimum atomic E-state index is -4.31. The number of alkyl halides is 3. The summed E-state index contributed by atoms with van der Waals surface area (Å²) in [5, 5.41) is 1.00. The van der Waals surface area contributed by atoms with Gasteiger partial charge in [0, 0.05) is 42.8 Å². The monoisotopic (exact) mass is 371 g/mol. The van der Waals surface area contributed by atoms with E-state index in [1.54, 1.807) is 12.1 Å². The van der Waals surface area contributed by atoms with Crippen molar-refractivity contribution in [1.82, 2.24) is 14.9 Å². The minimum Gasteiger partial charge on any atom is -0.298 e. The third kappa shape index (κ3) is 3.81. The Hall–Kier alpha value is -2.47. The van der Waals surface area contributed by atoms with Gasteiger partial charge in [0.25, 0.3) is 0 Å². The highest BCUT2D eigenvalue weighted by atomic mass is 19.4. The second-order valence-electron chi connectivity index (χ2n) is 7.02. The van der Waals surface area contributed by atoms with Crippen LogP contribution in [0, 0.1) is 6.92 Å². The second kappa shape index (κ2) is 6.93. The van der Waals surface area contributed by atoms with Crippen molar-refractivity contribution >= 4 is 11.0 Å². The number of aryl methyl sites for hydroxylation is 1. The molecule has 0 spiro atoms. The fraction of sp³-hybridized carbons (Fsp3) is 0.333. The predicted molar refractivity (Wildman–Crippen MR) is 98.4 cm³/mol. The molecule has 0 amide bonds. The highest BCUT2D eigenvalue weighted by Crippen LogP contribution is 2.32. The van der Waals surface area contributed by atoms with E-state index in [1.165, 1.54) is 6.07 Å². The molecule has 2 aromatic heterocycles. The number of aromatic nitrogens is 2. The molecule has 0 bridgehead atoms. The summed E-state index contributed by atoms with van der Waals surface area (Å²) in [6.07, 6.45) is -3.13. The Bertz CT molecular complexity index is 982. The quantitative estimate of drug-likeness (QED) is 0.676. The van der Waals surface area contributed by atoms with Gasteiger partial charge in [0.05, 0.1) is 5.56 Å². The summed E-state index contributed by atoms with van der Waals surface area (Å²) in [5.74, 6) is 0. The van der Waals surface area contributed by atoms with E-state index in [4.69, 9.17) is 0 Å². The molecule has 4 rings (SSSR count). The van der Waals surface area contributed by atoms with Crippen LogP contribution in [-0.4, -0.2) is 28.0 Å². The molecule has 1 aliphatic rings. The average Bonchev–Trinajstić information content (AvgIpc) is 2.64. The molecule has 27 heavy (non-hydrogen) atoms. The maximum absolute atomic E-state index is 13.2. The van der Waals surface area contributed by atoms with E-state index in [0.717, 1.165) is 47.0 Å². The lowest BCUT2D eigenvalue weighted by molar-refractivity contribution is -0.138. The first-order valence-electron chi connectivity index (χ1n) is 9.04. The topological polar surface area (TPSA) is 29.0 Å². The van der Waals surface area contributed by atoms with Crippen molar-refractivity contribution in [2.45, 2.75) is 32.5 Å². The molecule has 6 heteroatoms. The van der Waals surface area contributed by atoms with Crippen molar-refractivity contribution in [3.63, 3.8) is 0 Å². The number of hydrogen-bond acceptors (Lipinski definition) is 3. The van der Waals surface area contributed by atoms with Gasteiger partial charge in [-0.3, -0.25) is 4.90 Å². The number of fused-ring (bicyclic) bond motifs is 2. The van der Waals surface area contributed by atoms with Gasteiger partial charge in [-0.1, -0.05) is 18.2 Å². The lowest BCUT2D eigenvalue weighted by atomic mass is 10.0. The normalized spacial score (nSPS) is 15.1. The van der Waals surface area contributed by atoms with Gasteiger partial charge in [-0.05, 0) is 48.7 Å². The van der Waals surface area contributed by atoms with Gasteiger partial charge >= 0.3 is 6.18 Å². The molecule has 0 saturated carbocycles. The van der Waals surface area contributed by atoms with Crippen LogP contribution in [0.4, 0.5) is 13.2 Å². The van der Waals surface area contributed by atoms with E-state index >= 15 is 0 Å². The molecule has 1 aliphatic heterocycles. The molecule has 0 atom stereocenters. The maximum Gasteiger partial charge on any atom is 0.416 e. The average molecular weight is 371 g/mol. The maximum atomic E-state index is 13.2. The zero-order valence-corrected chi connectivity index (χ0v) is 15.1. The van der Waals surface area contributed by atoms with Gasteiger partial charge in [-0.25, -0.2) is 9.97 Å². The van der Waals surface area contributed by atoms with Crippen LogP contribution >= 0.6 is 0 Å². The molecule has 140 valence electrons. The van der Waals surface area contributed by atoms with Gasteiger partial charge < -0.3 is 0 Å². The molecule has 1 aromatic carbocycles. The third-order valence-electron chi connectivity index (χ3n) is 5.06. The van der Waals surface area contributed by atoms with Gasteiger partial charge in [0.15, 0.2) is 5.65 Å². The van der Waals surface area contributed by atoms with Crippen molar-refractivity contribution in [1.29, 1.82) is 0 Å². The van der Waals surface area contributed by atoms with Crippen LogP contribution in [0.1, 0.15) is 28.1 Å². The van der Waals surface area contributed by atoms with E-state index in [9.17, 15) is 13.2 Å². The lowest BCUT2D eigenvalue weighted by Gasteiger charge is -2.28. The van der Waals surface area contributed by atoms with E-state index < -0.39 is 11.7 Å². The number of rotatable bonds is 3. The van der Waals surface area contributed by atoms with Crippen LogP contribution in [0.25, 0.3) is 11.0 Å². The second-order valence-corrected chi connectivity index (χ2v) is 7.02. The Morgan fingerprint density at radius 2 is 1.89 bits per heavy atom. The molecule has 0 N–H and O–H groups in total. The van der Waals surface area contributed by atoms with E-state index in [-0.39, 0.29) is 0 Å². The van der Waals surface area contributed by atoms with Gasteiger partial charge in [-0.2, -0.15) is 13.2 Å². The van der Waals surface area contributed by atoms with Crippen LogP contribution < -0.4 is 0 Å². The van der Waals surface area contributed by atoms with Crippen LogP contribution in [0.3, 0.4) is 0 Å². The van der Waals surface area contributed by atoms with Crippen molar-refractivity contribution < 1.29 is 13.2 Å². The Labute approximate surface area is 155 Å². The summed E-state index contributed by atoms with van der Waals surface area (Å²) in [4.78, 5) is 11.4. The summed E-state index contributed by atoms with van der Waals surface area (Å²) < 4.78 is 39.5. The Balaban J connectivity index is 1.50. The third-order valence-corrected chi connectivity index (χ3v) is 5.06. The van der Waals surface area contributed by atoms with E-state index in [0.29, 0.717) is 25.1 Å². The lowest BCUT2D eigenvalue weighted by Crippen LogP contribution is -2.33. The van der Waals surface area contributed by atoms with Crippen LogP contribution in [-0.2, 0) is 25.6 Å². The Morgan fingerprint density at radius 3 is 2.70 bits per heavy atom. The first-order chi connectivity index (χ1) is 12.9.